The molecular formula is C9H16OS. The van der Waals surface area contributed by atoms with Crippen LogP contribution in [0.1, 0.15) is 39.0 Å². The Morgan fingerprint density at radius 3 is 3.00 bits per heavy atom. The van der Waals surface area contributed by atoms with Gasteiger partial charge in [-0.15, -0.1) is 0 Å². The molecule has 0 aromatic carbocycles. The molecule has 11 heavy (non-hydrogen) atoms. The number of carbonyl (C=O) groups is 1. The largest absolute Gasteiger partial charge is 0.298 e. The van der Waals surface area contributed by atoms with E-state index < -0.39 is 0 Å². The Balaban J connectivity index is 2.10. The summed E-state index contributed by atoms with van der Waals surface area (Å²) < 4.78 is 0. The van der Waals surface area contributed by atoms with Crippen molar-refractivity contribution in [1.29, 1.82) is 0 Å². The minimum absolute atomic E-state index is 0.363. The first-order valence-corrected chi connectivity index (χ1v) is 5.53. The zero-order chi connectivity index (χ0) is 8.10. The lowest BCUT2D eigenvalue weighted by Gasteiger charge is -2.05. The zero-order valence-electron chi connectivity index (χ0n) is 7.14. The van der Waals surface area contributed by atoms with Gasteiger partial charge in [0.25, 0.3) is 0 Å². The molecule has 0 N–H and O–H groups in total. The lowest BCUT2D eigenvalue weighted by Crippen LogP contribution is -2.08. The highest BCUT2D eigenvalue weighted by Gasteiger charge is 2.23. The fourth-order valence-corrected chi connectivity index (χ4v) is 2.71. The van der Waals surface area contributed by atoms with E-state index in [9.17, 15) is 4.79 Å². The van der Waals surface area contributed by atoms with Crippen molar-refractivity contribution in [2.24, 2.45) is 0 Å². The minimum atomic E-state index is 0.363. The Bertz CT molecular complexity index is 134. The number of rotatable bonds is 4. The van der Waals surface area contributed by atoms with E-state index >= 15 is 0 Å². The molecule has 64 valence electrons. The summed E-state index contributed by atoms with van der Waals surface area (Å²) in [5.41, 5.74) is 0. The second-order valence-corrected chi connectivity index (χ2v) is 4.38. The van der Waals surface area contributed by atoms with Crippen molar-refractivity contribution < 1.29 is 4.79 Å². The van der Waals surface area contributed by atoms with Crippen LogP contribution in [0.25, 0.3) is 0 Å². The predicted molar refractivity (Wildman–Crippen MR) is 50.0 cm³/mol. The number of Topliss-reactive ketones (excluding diaryl/α,β-unsaturated/α-hetero) is 1. The number of thioether (sulfide) groups is 1. The van der Waals surface area contributed by atoms with Crippen LogP contribution in [0, 0.1) is 0 Å². The van der Waals surface area contributed by atoms with Crippen LogP contribution >= 0.6 is 11.8 Å². The fraction of sp³-hybridized carbons (Fsp3) is 0.889. The highest BCUT2D eigenvalue weighted by molar-refractivity contribution is 8.00. The van der Waals surface area contributed by atoms with E-state index in [-0.39, 0.29) is 0 Å². The van der Waals surface area contributed by atoms with Crippen LogP contribution in [0.15, 0.2) is 0 Å². The van der Waals surface area contributed by atoms with Gasteiger partial charge in [-0.1, -0.05) is 13.3 Å². The molecule has 0 aliphatic heterocycles. The lowest BCUT2D eigenvalue weighted by molar-refractivity contribution is -0.116. The average Bonchev–Trinajstić information content (AvgIpc) is 2.37. The van der Waals surface area contributed by atoms with Crippen LogP contribution in [0.3, 0.4) is 0 Å². The smallest absolute Gasteiger partial charge is 0.145 e. The number of ketones is 1. The van der Waals surface area contributed by atoms with Gasteiger partial charge < -0.3 is 0 Å². The van der Waals surface area contributed by atoms with Gasteiger partial charge in [0.05, 0.1) is 5.25 Å². The van der Waals surface area contributed by atoms with Gasteiger partial charge in [-0.25, -0.2) is 0 Å². The van der Waals surface area contributed by atoms with Gasteiger partial charge in [-0.05, 0) is 25.0 Å². The molecule has 1 aliphatic rings. The second-order valence-electron chi connectivity index (χ2n) is 3.07. The summed E-state index contributed by atoms with van der Waals surface area (Å²) in [4.78, 5) is 11.1. The topological polar surface area (TPSA) is 17.1 Å². The molecule has 1 aliphatic carbocycles. The van der Waals surface area contributed by atoms with Gasteiger partial charge in [-0.2, -0.15) is 11.8 Å². The number of carbonyl (C=O) groups excluding carboxylic acids is 1. The molecule has 0 saturated heterocycles. The van der Waals surface area contributed by atoms with Crippen LogP contribution in [-0.4, -0.2) is 16.8 Å². The fourth-order valence-electron chi connectivity index (χ4n) is 1.33. The van der Waals surface area contributed by atoms with Crippen molar-refractivity contribution in [1.82, 2.24) is 0 Å². The molecule has 1 unspecified atom stereocenters. The molecule has 0 heterocycles. The van der Waals surface area contributed by atoms with Crippen LogP contribution in [0.5, 0.6) is 0 Å². The molecule has 0 radical (unpaired) electrons. The first kappa shape index (κ1) is 9.11. The monoisotopic (exact) mass is 172 g/mol. The summed E-state index contributed by atoms with van der Waals surface area (Å²) in [7, 11) is 0. The van der Waals surface area contributed by atoms with E-state index in [2.05, 4.69) is 6.92 Å². The molecule has 1 atom stereocenters. The first-order chi connectivity index (χ1) is 5.34. The van der Waals surface area contributed by atoms with E-state index in [1.165, 1.54) is 18.6 Å². The van der Waals surface area contributed by atoms with Gasteiger partial charge in [-0.3, -0.25) is 4.79 Å². The molecule has 2 heteroatoms. The highest BCUT2D eigenvalue weighted by Crippen LogP contribution is 2.26. The minimum Gasteiger partial charge on any atom is -0.298 e. The third-order valence-corrected chi connectivity index (χ3v) is 3.49. The van der Waals surface area contributed by atoms with Crippen molar-refractivity contribution >= 4 is 17.5 Å². The van der Waals surface area contributed by atoms with E-state index in [0.717, 1.165) is 19.3 Å². The van der Waals surface area contributed by atoms with Crippen molar-refractivity contribution in [3.8, 4) is 0 Å². The summed E-state index contributed by atoms with van der Waals surface area (Å²) in [5.74, 6) is 1.67. The molecule has 1 nitrogen and oxygen atoms in total. The summed E-state index contributed by atoms with van der Waals surface area (Å²) >= 11 is 1.87. The number of unbranched alkanes of at least 4 members (excludes halogenated alkanes) is 1. The molecule has 0 bridgehead atoms. The lowest BCUT2D eigenvalue weighted by atomic mass is 10.3. The number of hydrogen-bond donors (Lipinski definition) is 0. The maximum Gasteiger partial charge on any atom is 0.145 e. The third-order valence-electron chi connectivity index (χ3n) is 2.07. The van der Waals surface area contributed by atoms with E-state index in [0.29, 0.717) is 11.0 Å². The molecule has 1 rings (SSSR count). The van der Waals surface area contributed by atoms with E-state index in [1.807, 2.05) is 11.8 Å². The summed E-state index contributed by atoms with van der Waals surface area (Å²) in [6.45, 7) is 2.19. The second kappa shape index (κ2) is 4.81. The third kappa shape index (κ3) is 2.86. The van der Waals surface area contributed by atoms with Gasteiger partial charge in [0.2, 0.25) is 0 Å². The Kier molecular flexibility index (Phi) is 3.98. The molecule has 0 amide bonds. The van der Waals surface area contributed by atoms with Gasteiger partial charge in [0, 0.05) is 6.42 Å². The Hall–Kier alpha value is 0.0200. The molecule has 0 aromatic heterocycles. The van der Waals surface area contributed by atoms with Gasteiger partial charge in [0.15, 0.2) is 0 Å². The average molecular weight is 172 g/mol. The van der Waals surface area contributed by atoms with E-state index in [1.54, 1.807) is 0 Å². The van der Waals surface area contributed by atoms with Crippen LogP contribution in [0.4, 0.5) is 0 Å². The summed E-state index contributed by atoms with van der Waals surface area (Å²) in [5, 5.41) is 0.363. The van der Waals surface area contributed by atoms with Crippen LogP contribution in [-0.2, 0) is 4.79 Å². The van der Waals surface area contributed by atoms with Gasteiger partial charge in [0.1, 0.15) is 5.78 Å². The quantitative estimate of drug-likeness (QED) is 0.606. The summed E-state index contributed by atoms with van der Waals surface area (Å²) in [6.07, 6.45) is 5.60. The van der Waals surface area contributed by atoms with Gasteiger partial charge >= 0.3 is 0 Å². The van der Waals surface area contributed by atoms with Crippen molar-refractivity contribution in [2.45, 2.75) is 44.3 Å². The molecule has 1 fully saturated rings. The Morgan fingerprint density at radius 2 is 2.45 bits per heavy atom. The van der Waals surface area contributed by atoms with Crippen molar-refractivity contribution in [2.75, 3.05) is 5.75 Å². The molecule has 0 aromatic rings. The van der Waals surface area contributed by atoms with Crippen LogP contribution in [0.2, 0.25) is 0 Å². The SMILES string of the molecule is CCCCSC1CCCC1=O. The van der Waals surface area contributed by atoms with Crippen molar-refractivity contribution in [3.05, 3.63) is 0 Å². The number of hydrogen-bond acceptors (Lipinski definition) is 2. The predicted octanol–water partition coefficient (Wildman–Crippen LogP) is 2.64. The zero-order valence-corrected chi connectivity index (χ0v) is 7.95. The normalized spacial score (nSPS) is 24.5. The van der Waals surface area contributed by atoms with Crippen LogP contribution < -0.4 is 0 Å². The molecule has 1 saturated carbocycles. The van der Waals surface area contributed by atoms with E-state index in [4.69, 9.17) is 0 Å². The maximum absolute atomic E-state index is 11.1. The Labute approximate surface area is 72.9 Å². The molecule has 0 spiro atoms. The van der Waals surface area contributed by atoms with Crippen molar-refractivity contribution in [3.63, 3.8) is 0 Å². The standard InChI is InChI=1S/C9H16OS/c1-2-3-7-11-9-6-4-5-8(9)10/h9H,2-7H2,1H3. The summed E-state index contributed by atoms with van der Waals surface area (Å²) in [6, 6.07) is 0. The highest BCUT2D eigenvalue weighted by atomic mass is 32.2. The molecular weight excluding hydrogens is 156 g/mol. The maximum atomic E-state index is 11.1. The first-order valence-electron chi connectivity index (χ1n) is 4.49. The Morgan fingerprint density at radius 1 is 1.64 bits per heavy atom.